The third-order valence-electron chi connectivity index (χ3n) is 6.17. The van der Waals surface area contributed by atoms with Gasteiger partial charge in [0.1, 0.15) is 5.82 Å². The van der Waals surface area contributed by atoms with Crippen LogP contribution in [0.15, 0.2) is 59.8 Å². The van der Waals surface area contributed by atoms with Crippen LogP contribution in [0.2, 0.25) is 0 Å². The number of nitrogens with zero attached hydrogens (tertiary/aromatic N) is 4. The normalized spacial score (nSPS) is 16.1. The molecule has 2 atom stereocenters. The van der Waals surface area contributed by atoms with Crippen molar-refractivity contribution in [1.29, 1.82) is 0 Å². The van der Waals surface area contributed by atoms with Crippen molar-refractivity contribution in [2.75, 3.05) is 39.4 Å². The van der Waals surface area contributed by atoms with Crippen LogP contribution in [0.5, 0.6) is 0 Å². The lowest BCUT2D eigenvalue weighted by Crippen LogP contribution is -2.38. The Hall–Kier alpha value is -2.75. The molecule has 2 unspecified atom stereocenters. The fourth-order valence-corrected chi connectivity index (χ4v) is 4.86. The summed E-state index contributed by atoms with van der Waals surface area (Å²) in [6.07, 6.45) is 0. The first-order valence-corrected chi connectivity index (χ1v) is 12.9. The van der Waals surface area contributed by atoms with Crippen LogP contribution in [0, 0.1) is 5.82 Å². The average Bonchev–Trinajstić information content (AvgIpc) is 3.29. The number of morpholine rings is 1. The zero-order valence-corrected chi connectivity index (χ0v) is 21.0. The van der Waals surface area contributed by atoms with Gasteiger partial charge in [-0.05, 0) is 42.7 Å². The van der Waals surface area contributed by atoms with E-state index in [4.69, 9.17) is 4.74 Å². The van der Waals surface area contributed by atoms with Gasteiger partial charge in [0.2, 0.25) is 5.91 Å². The fraction of sp³-hybridized carbons (Fsp3) is 0.423. The molecular weight excluding hydrogens is 465 g/mol. The van der Waals surface area contributed by atoms with Gasteiger partial charge in [-0.2, -0.15) is 0 Å². The van der Waals surface area contributed by atoms with Crippen molar-refractivity contribution in [3.05, 3.63) is 66.0 Å². The lowest BCUT2D eigenvalue weighted by atomic mass is 10.0. The van der Waals surface area contributed by atoms with Crippen LogP contribution < -0.4 is 5.32 Å². The van der Waals surface area contributed by atoms with Crippen molar-refractivity contribution in [3.8, 4) is 11.4 Å². The first kappa shape index (κ1) is 25.3. The van der Waals surface area contributed by atoms with E-state index in [0.29, 0.717) is 24.1 Å². The number of hydrogen-bond donors (Lipinski definition) is 1. The Balaban J connectivity index is 1.44. The highest BCUT2D eigenvalue weighted by molar-refractivity contribution is 8.00. The summed E-state index contributed by atoms with van der Waals surface area (Å²) in [5.41, 5.74) is 1.99. The second-order valence-corrected chi connectivity index (χ2v) is 10.0. The molecule has 3 aromatic rings. The maximum atomic E-state index is 13.5. The largest absolute Gasteiger partial charge is 0.379 e. The summed E-state index contributed by atoms with van der Waals surface area (Å²) in [5.74, 6) is 0.562. The Labute approximate surface area is 210 Å². The highest BCUT2D eigenvalue weighted by Crippen LogP contribution is 2.27. The summed E-state index contributed by atoms with van der Waals surface area (Å²) in [5, 5.41) is 12.2. The molecule has 1 aliphatic heterocycles. The van der Waals surface area contributed by atoms with E-state index in [2.05, 4.69) is 39.5 Å². The molecule has 1 N–H and O–H groups in total. The molecule has 0 radical (unpaired) electrons. The van der Waals surface area contributed by atoms with Crippen LogP contribution in [0.4, 0.5) is 4.39 Å². The number of amides is 1. The van der Waals surface area contributed by atoms with Crippen molar-refractivity contribution in [2.45, 2.75) is 36.7 Å². The molecule has 1 amide bonds. The van der Waals surface area contributed by atoms with Gasteiger partial charge < -0.3 is 14.6 Å². The maximum absolute atomic E-state index is 13.5. The van der Waals surface area contributed by atoms with E-state index >= 15 is 0 Å². The van der Waals surface area contributed by atoms with E-state index in [1.165, 1.54) is 29.5 Å². The summed E-state index contributed by atoms with van der Waals surface area (Å²) in [7, 11) is 0. The Morgan fingerprint density at radius 3 is 2.49 bits per heavy atom. The molecule has 1 fully saturated rings. The average molecular weight is 498 g/mol. The lowest BCUT2D eigenvalue weighted by Gasteiger charge is -2.27. The summed E-state index contributed by atoms with van der Waals surface area (Å²) in [6, 6.07) is 16.4. The molecule has 0 aliphatic carbocycles. The predicted molar refractivity (Wildman–Crippen MR) is 136 cm³/mol. The number of carbonyl (C=O) groups excluding carboxylic acids is 1. The summed E-state index contributed by atoms with van der Waals surface area (Å²) in [4.78, 5) is 15.2. The molecule has 0 spiro atoms. The number of thioether (sulfide) groups is 1. The summed E-state index contributed by atoms with van der Waals surface area (Å²) in [6.45, 7) is 9.26. The van der Waals surface area contributed by atoms with Gasteiger partial charge in [-0.1, -0.05) is 49.0 Å². The molecule has 4 rings (SSSR count). The molecule has 1 aromatic heterocycles. The van der Waals surface area contributed by atoms with Gasteiger partial charge in [-0.3, -0.25) is 9.69 Å². The van der Waals surface area contributed by atoms with Gasteiger partial charge in [0.25, 0.3) is 0 Å². The van der Waals surface area contributed by atoms with Gasteiger partial charge in [0, 0.05) is 38.3 Å². The molecule has 9 heteroatoms. The number of rotatable bonds is 10. The van der Waals surface area contributed by atoms with E-state index in [1.807, 2.05) is 29.7 Å². The van der Waals surface area contributed by atoms with Gasteiger partial charge in [0.15, 0.2) is 11.0 Å². The Bertz CT molecular complexity index is 1090. The minimum Gasteiger partial charge on any atom is -0.379 e. The first-order chi connectivity index (χ1) is 17.0. The Morgan fingerprint density at radius 2 is 1.77 bits per heavy atom. The molecule has 2 heterocycles. The minimum absolute atomic E-state index is 0.0381. The molecule has 0 bridgehead atoms. The second kappa shape index (κ2) is 12.3. The molecular formula is C26H32FN5O2S. The number of ether oxygens (including phenoxy) is 1. The maximum Gasteiger partial charge on any atom is 0.233 e. The SMILES string of the molecule is CC(Sc1nnc(-c2ccc(F)cc2)n1CCN1CCOCC1)C(=O)NCC(C)c1ccccc1. The molecule has 1 saturated heterocycles. The topological polar surface area (TPSA) is 72.3 Å². The minimum atomic E-state index is -0.342. The molecule has 7 nitrogen and oxygen atoms in total. The van der Waals surface area contributed by atoms with Crippen molar-refractivity contribution < 1.29 is 13.9 Å². The highest BCUT2D eigenvalue weighted by atomic mass is 32.2. The van der Waals surface area contributed by atoms with Crippen molar-refractivity contribution in [3.63, 3.8) is 0 Å². The van der Waals surface area contributed by atoms with Crippen molar-refractivity contribution >= 4 is 17.7 Å². The summed E-state index contributed by atoms with van der Waals surface area (Å²) >= 11 is 1.39. The van der Waals surface area contributed by atoms with Gasteiger partial charge >= 0.3 is 0 Å². The standard InChI is InChI=1S/C26H32FN5O2S/c1-19(21-6-4-3-5-7-21)18-28-25(33)20(2)35-26-30-29-24(22-8-10-23(27)11-9-22)32(26)13-12-31-14-16-34-17-15-31/h3-11,19-20H,12-18H2,1-2H3,(H,28,33). The van der Waals surface area contributed by atoms with E-state index in [0.717, 1.165) is 38.4 Å². The third kappa shape index (κ3) is 6.90. The van der Waals surface area contributed by atoms with E-state index in [-0.39, 0.29) is 22.9 Å². The number of nitrogens with one attached hydrogen (secondary N) is 1. The van der Waals surface area contributed by atoms with Crippen molar-refractivity contribution in [2.24, 2.45) is 0 Å². The van der Waals surface area contributed by atoms with E-state index < -0.39 is 0 Å². The van der Waals surface area contributed by atoms with Crippen LogP contribution in [-0.4, -0.2) is 70.2 Å². The first-order valence-electron chi connectivity index (χ1n) is 12.0. The monoisotopic (exact) mass is 497 g/mol. The van der Waals surface area contributed by atoms with Crippen LogP contribution in [0.25, 0.3) is 11.4 Å². The van der Waals surface area contributed by atoms with Gasteiger partial charge in [0.05, 0.1) is 18.5 Å². The third-order valence-corrected chi connectivity index (χ3v) is 7.25. The smallest absolute Gasteiger partial charge is 0.233 e. The highest BCUT2D eigenvalue weighted by Gasteiger charge is 2.22. The zero-order chi connectivity index (χ0) is 24.6. The van der Waals surface area contributed by atoms with Crippen molar-refractivity contribution in [1.82, 2.24) is 25.0 Å². The molecule has 2 aromatic carbocycles. The number of carbonyl (C=O) groups is 1. The van der Waals surface area contributed by atoms with Crippen LogP contribution in [0.1, 0.15) is 25.3 Å². The van der Waals surface area contributed by atoms with E-state index in [1.54, 1.807) is 12.1 Å². The Morgan fingerprint density at radius 1 is 1.06 bits per heavy atom. The Kier molecular flexibility index (Phi) is 8.90. The number of halogens is 1. The lowest BCUT2D eigenvalue weighted by molar-refractivity contribution is -0.120. The van der Waals surface area contributed by atoms with Gasteiger partial charge in [-0.15, -0.1) is 10.2 Å². The predicted octanol–water partition coefficient (Wildman–Crippen LogP) is 3.82. The molecule has 35 heavy (non-hydrogen) atoms. The fourth-order valence-electron chi connectivity index (χ4n) is 3.96. The van der Waals surface area contributed by atoms with Crippen LogP contribution >= 0.6 is 11.8 Å². The molecule has 0 saturated carbocycles. The zero-order valence-electron chi connectivity index (χ0n) is 20.2. The van der Waals surface area contributed by atoms with Gasteiger partial charge in [-0.25, -0.2) is 4.39 Å². The van der Waals surface area contributed by atoms with Crippen LogP contribution in [-0.2, 0) is 16.1 Å². The number of hydrogen-bond acceptors (Lipinski definition) is 6. The number of benzene rings is 2. The molecule has 186 valence electrons. The van der Waals surface area contributed by atoms with E-state index in [9.17, 15) is 9.18 Å². The second-order valence-electron chi connectivity index (χ2n) is 8.74. The number of aromatic nitrogens is 3. The quantitative estimate of drug-likeness (QED) is 0.430. The molecule has 1 aliphatic rings. The van der Waals surface area contributed by atoms with Crippen LogP contribution in [0.3, 0.4) is 0 Å². The summed E-state index contributed by atoms with van der Waals surface area (Å²) < 4.78 is 21.0.